The van der Waals surface area contributed by atoms with Crippen LogP contribution in [-0.2, 0) is 11.0 Å². The minimum absolute atomic E-state index is 0.0804. The molecule has 0 aliphatic rings. The van der Waals surface area contributed by atoms with Crippen LogP contribution in [0.1, 0.15) is 12.5 Å². The number of nitrogens with zero attached hydrogens (tertiary/aromatic N) is 2. The molecule has 110 valence electrons. The summed E-state index contributed by atoms with van der Waals surface area (Å²) in [7, 11) is 0. The van der Waals surface area contributed by atoms with Crippen LogP contribution in [0.5, 0.6) is 5.75 Å². The second-order valence-corrected chi connectivity index (χ2v) is 4.31. The topological polar surface area (TPSA) is 52.1 Å². The summed E-state index contributed by atoms with van der Waals surface area (Å²) >= 11 is 0. The van der Waals surface area contributed by atoms with Gasteiger partial charge in [-0.25, -0.2) is 9.97 Å². The van der Waals surface area contributed by atoms with Crippen molar-refractivity contribution in [2.24, 2.45) is 0 Å². The van der Waals surface area contributed by atoms with Crippen molar-refractivity contribution in [3.8, 4) is 17.1 Å². The normalized spacial score (nSPS) is 11.2. The number of ether oxygens (including phenoxy) is 1. The van der Waals surface area contributed by atoms with Crippen molar-refractivity contribution in [3.05, 3.63) is 42.2 Å². The van der Waals surface area contributed by atoms with Crippen LogP contribution in [0, 0.1) is 0 Å². The van der Waals surface area contributed by atoms with E-state index in [0.29, 0.717) is 11.3 Å². The zero-order valence-corrected chi connectivity index (χ0v) is 11.0. The first-order valence-corrected chi connectivity index (χ1v) is 5.98. The maximum absolute atomic E-state index is 12.4. The van der Waals surface area contributed by atoms with E-state index >= 15 is 0 Å². The number of rotatable bonds is 4. The summed E-state index contributed by atoms with van der Waals surface area (Å²) in [5.74, 6) is 0.460. The van der Waals surface area contributed by atoms with Crippen LogP contribution < -0.4 is 4.74 Å². The molecule has 0 atom stereocenters. The molecule has 0 radical (unpaired) electrons. The van der Waals surface area contributed by atoms with Gasteiger partial charge in [0.1, 0.15) is 6.61 Å². The van der Waals surface area contributed by atoms with E-state index in [1.807, 2.05) is 0 Å². The molecule has 1 aromatic heterocycles. The van der Waals surface area contributed by atoms with E-state index in [9.17, 15) is 18.0 Å². The summed E-state index contributed by atoms with van der Waals surface area (Å²) in [6.07, 6.45) is -1.64. The second kappa shape index (κ2) is 5.90. The zero-order valence-electron chi connectivity index (χ0n) is 11.0. The molecule has 0 amide bonds. The van der Waals surface area contributed by atoms with Crippen LogP contribution in [-0.4, -0.2) is 22.4 Å². The third-order valence-electron chi connectivity index (χ3n) is 2.54. The molecular weight excluding hydrogens is 285 g/mol. The zero-order chi connectivity index (χ0) is 15.5. The van der Waals surface area contributed by atoms with Gasteiger partial charge in [-0.15, -0.1) is 0 Å². The van der Waals surface area contributed by atoms with Crippen LogP contribution in [0.2, 0.25) is 0 Å². The molecule has 0 N–H and O–H groups in total. The number of halogens is 3. The maximum atomic E-state index is 12.4. The minimum atomic E-state index is -4.37. The SMILES string of the molecule is CC(=O)COc1cnc(-c2ccc(C(F)(F)F)cc2)nc1. The average molecular weight is 296 g/mol. The quantitative estimate of drug-likeness (QED) is 0.869. The van der Waals surface area contributed by atoms with Crippen LogP contribution in [0.3, 0.4) is 0 Å². The fourth-order valence-corrected chi connectivity index (χ4v) is 1.53. The predicted molar refractivity (Wildman–Crippen MR) is 68.6 cm³/mol. The van der Waals surface area contributed by atoms with Crippen LogP contribution >= 0.6 is 0 Å². The van der Waals surface area contributed by atoms with Gasteiger partial charge in [-0.05, 0) is 19.1 Å². The third-order valence-corrected chi connectivity index (χ3v) is 2.54. The van der Waals surface area contributed by atoms with E-state index in [1.54, 1.807) is 0 Å². The molecule has 7 heteroatoms. The van der Waals surface area contributed by atoms with E-state index < -0.39 is 11.7 Å². The molecule has 2 rings (SSSR count). The smallest absolute Gasteiger partial charge is 0.416 e. The van der Waals surface area contributed by atoms with Crippen LogP contribution in [0.15, 0.2) is 36.7 Å². The largest absolute Gasteiger partial charge is 0.483 e. The van der Waals surface area contributed by atoms with E-state index in [0.717, 1.165) is 12.1 Å². The van der Waals surface area contributed by atoms with Crippen LogP contribution in [0.4, 0.5) is 13.2 Å². The van der Waals surface area contributed by atoms with Gasteiger partial charge < -0.3 is 4.74 Å². The molecule has 0 unspecified atom stereocenters. The number of carbonyl (C=O) groups is 1. The minimum Gasteiger partial charge on any atom is -0.483 e. The fraction of sp³-hybridized carbons (Fsp3) is 0.214. The Bertz CT molecular complexity index is 622. The predicted octanol–water partition coefficient (Wildman–Crippen LogP) is 3.13. The number of Topliss-reactive ketones (excluding diaryl/α,β-unsaturated/α-hetero) is 1. The fourth-order valence-electron chi connectivity index (χ4n) is 1.53. The Morgan fingerprint density at radius 3 is 2.19 bits per heavy atom. The molecule has 0 saturated carbocycles. The van der Waals surface area contributed by atoms with Gasteiger partial charge in [0.05, 0.1) is 18.0 Å². The Hall–Kier alpha value is -2.44. The number of hydrogen-bond donors (Lipinski definition) is 0. The second-order valence-electron chi connectivity index (χ2n) is 4.31. The highest BCUT2D eigenvalue weighted by molar-refractivity contribution is 5.77. The van der Waals surface area contributed by atoms with Gasteiger partial charge in [-0.1, -0.05) is 12.1 Å². The maximum Gasteiger partial charge on any atom is 0.416 e. The Labute approximate surface area is 118 Å². The van der Waals surface area contributed by atoms with Gasteiger partial charge in [-0.2, -0.15) is 13.2 Å². The van der Waals surface area contributed by atoms with E-state index in [2.05, 4.69) is 9.97 Å². The van der Waals surface area contributed by atoms with Crippen molar-refractivity contribution in [1.82, 2.24) is 9.97 Å². The van der Waals surface area contributed by atoms with Gasteiger partial charge in [-0.3, -0.25) is 4.79 Å². The van der Waals surface area contributed by atoms with Gasteiger partial charge in [0, 0.05) is 5.56 Å². The van der Waals surface area contributed by atoms with E-state index in [-0.39, 0.29) is 18.2 Å². The van der Waals surface area contributed by atoms with Gasteiger partial charge in [0.15, 0.2) is 17.4 Å². The number of ketones is 1. The van der Waals surface area contributed by atoms with Crippen molar-refractivity contribution >= 4 is 5.78 Å². The van der Waals surface area contributed by atoms with Crippen molar-refractivity contribution < 1.29 is 22.7 Å². The van der Waals surface area contributed by atoms with Gasteiger partial charge in [0.2, 0.25) is 0 Å². The number of carbonyl (C=O) groups excluding carboxylic acids is 1. The molecule has 4 nitrogen and oxygen atoms in total. The van der Waals surface area contributed by atoms with Gasteiger partial charge >= 0.3 is 6.18 Å². The first kappa shape index (κ1) is 15.0. The first-order valence-electron chi connectivity index (χ1n) is 5.98. The Kier molecular flexibility index (Phi) is 4.21. The molecule has 0 saturated heterocycles. The highest BCUT2D eigenvalue weighted by Crippen LogP contribution is 2.30. The standard InChI is InChI=1S/C14H11F3N2O2/c1-9(20)8-21-12-6-18-13(19-7-12)10-2-4-11(5-3-10)14(15,16)17/h2-7H,8H2,1H3. The molecular formula is C14H11F3N2O2. The number of hydrogen-bond acceptors (Lipinski definition) is 4. The summed E-state index contributed by atoms with van der Waals surface area (Å²) in [4.78, 5) is 18.7. The number of benzene rings is 1. The van der Waals surface area contributed by atoms with Crippen molar-refractivity contribution in [1.29, 1.82) is 0 Å². The van der Waals surface area contributed by atoms with Crippen molar-refractivity contribution in [2.45, 2.75) is 13.1 Å². The van der Waals surface area contributed by atoms with Gasteiger partial charge in [0.25, 0.3) is 0 Å². The lowest BCUT2D eigenvalue weighted by molar-refractivity contribution is -0.137. The highest BCUT2D eigenvalue weighted by Gasteiger charge is 2.30. The molecule has 1 aromatic carbocycles. The lowest BCUT2D eigenvalue weighted by atomic mass is 10.1. The van der Waals surface area contributed by atoms with E-state index in [1.165, 1.54) is 31.5 Å². The molecule has 1 heterocycles. The highest BCUT2D eigenvalue weighted by atomic mass is 19.4. The average Bonchev–Trinajstić information content (AvgIpc) is 2.45. The van der Waals surface area contributed by atoms with Crippen molar-refractivity contribution in [3.63, 3.8) is 0 Å². The summed E-state index contributed by atoms with van der Waals surface area (Å²) < 4.78 is 42.4. The number of alkyl halides is 3. The number of aromatic nitrogens is 2. The first-order chi connectivity index (χ1) is 9.86. The third kappa shape index (κ3) is 4.01. The Morgan fingerprint density at radius 2 is 1.71 bits per heavy atom. The monoisotopic (exact) mass is 296 g/mol. The van der Waals surface area contributed by atoms with Crippen molar-refractivity contribution in [2.75, 3.05) is 6.61 Å². The Balaban J connectivity index is 2.13. The lowest BCUT2D eigenvalue weighted by Gasteiger charge is -2.07. The molecule has 0 aliphatic heterocycles. The summed E-state index contributed by atoms with van der Waals surface area (Å²) in [6, 6.07) is 4.54. The molecule has 0 spiro atoms. The summed E-state index contributed by atoms with van der Waals surface area (Å²) in [5.41, 5.74) is -0.270. The molecule has 0 fully saturated rings. The Morgan fingerprint density at radius 1 is 1.14 bits per heavy atom. The molecule has 21 heavy (non-hydrogen) atoms. The van der Waals surface area contributed by atoms with Crippen LogP contribution in [0.25, 0.3) is 11.4 Å². The summed E-state index contributed by atoms with van der Waals surface area (Å²) in [5, 5.41) is 0. The molecule has 2 aromatic rings. The molecule has 0 bridgehead atoms. The summed E-state index contributed by atoms with van der Waals surface area (Å²) in [6.45, 7) is 1.31. The molecule has 0 aliphatic carbocycles. The lowest BCUT2D eigenvalue weighted by Crippen LogP contribution is -2.07. The van der Waals surface area contributed by atoms with E-state index in [4.69, 9.17) is 4.74 Å².